The molecule has 0 aromatic heterocycles. The first-order chi connectivity index (χ1) is 11.6. The van der Waals surface area contributed by atoms with Crippen LogP contribution in [-0.4, -0.2) is 39.3 Å². The van der Waals surface area contributed by atoms with Gasteiger partial charge in [-0.05, 0) is 25.5 Å². The largest absolute Gasteiger partial charge is 0.491 e. The van der Waals surface area contributed by atoms with E-state index in [0.717, 1.165) is 27.7 Å². The number of Topliss-reactive ketones (excluding diaryl/α,β-unsaturated/α-hetero) is 1. The van der Waals surface area contributed by atoms with Crippen molar-refractivity contribution in [2.45, 2.75) is 13.8 Å². The van der Waals surface area contributed by atoms with Gasteiger partial charge in [0, 0.05) is 23.4 Å². The van der Waals surface area contributed by atoms with Crippen molar-refractivity contribution in [2.24, 2.45) is 0 Å². The molecule has 4 nitrogen and oxygen atoms in total. The number of carbonyl (C=O) groups excluding carboxylic acids is 1. The topological polar surface area (TPSA) is 44.8 Å². The van der Waals surface area contributed by atoms with Crippen LogP contribution in [0, 0.1) is 0 Å². The van der Waals surface area contributed by atoms with Gasteiger partial charge in [-0.1, -0.05) is 36.4 Å². The van der Waals surface area contributed by atoms with Gasteiger partial charge in [-0.2, -0.15) is 0 Å². The molecule has 0 aliphatic rings. The number of fused-ring (bicyclic) bond motifs is 1. The van der Waals surface area contributed by atoms with Crippen molar-refractivity contribution in [1.82, 2.24) is 0 Å². The van der Waals surface area contributed by atoms with E-state index in [-0.39, 0.29) is 5.78 Å². The maximum Gasteiger partial charge on any atom is 0.160 e. The number of rotatable bonds is 9. The van der Waals surface area contributed by atoms with Crippen LogP contribution in [0.3, 0.4) is 0 Å². The van der Waals surface area contributed by atoms with Crippen LogP contribution >= 0.6 is 0 Å². The van der Waals surface area contributed by atoms with Crippen LogP contribution in [0.5, 0.6) is 5.75 Å². The number of carbonyl (C=O) groups is 1. The molecule has 0 fully saturated rings. The quantitative estimate of drug-likeness (QED) is 0.513. The third-order valence-electron chi connectivity index (χ3n) is 3.76. The normalized spacial score (nSPS) is 10.8. The summed E-state index contributed by atoms with van der Waals surface area (Å²) in [6.45, 7) is 9.58. The van der Waals surface area contributed by atoms with Gasteiger partial charge < -0.3 is 14.2 Å². The first-order valence-electron chi connectivity index (χ1n) is 7.98. The van der Waals surface area contributed by atoms with Crippen LogP contribution in [0.2, 0.25) is 0 Å². The number of hydrogen-bond acceptors (Lipinski definition) is 4. The summed E-state index contributed by atoms with van der Waals surface area (Å²) in [6, 6.07) is 9.57. The molecule has 0 spiro atoms. The molecule has 0 saturated carbocycles. The van der Waals surface area contributed by atoms with Gasteiger partial charge in [0.05, 0.1) is 19.8 Å². The maximum absolute atomic E-state index is 12.0. The average Bonchev–Trinajstić information content (AvgIpc) is 2.56. The van der Waals surface area contributed by atoms with E-state index in [1.54, 1.807) is 14.0 Å². The summed E-state index contributed by atoms with van der Waals surface area (Å²) < 4.78 is 16.2. The Balaban J connectivity index is 2.29. The van der Waals surface area contributed by atoms with E-state index in [9.17, 15) is 4.79 Å². The van der Waals surface area contributed by atoms with Crippen molar-refractivity contribution in [1.29, 1.82) is 0 Å². The van der Waals surface area contributed by atoms with E-state index in [4.69, 9.17) is 14.2 Å². The van der Waals surface area contributed by atoms with E-state index in [2.05, 4.69) is 6.58 Å². The molecular formula is C20H24O4. The summed E-state index contributed by atoms with van der Waals surface area (Å²) in [7, 11) is 1.64. The van der Waals surface area contributed by atoms with Gasteiger partial charge in [0.25, 0.3) is 0 Å². The summed E-state index contributed by atoms with van der Waals surface area (Å²) in [4.78, 5) is 12.0. The van der Waals surface area contributed by atoms with Gasteiger partial charge in [0.1, 0.15) is 12.4 Å². The number of allylic oxidation sites excluding steroid dienone is 1. The lowest BCUT2D eigenvalue weighted by atomic mass is 9.93. The predicted octanol–water partition coefficient (Wildman–Crippen LogP) is 4.12. The number of benzene rings is 2. The minimum Gasteiger partial charge on any atom is -0.491 e. The highest BCUT2D eigenvalue weighted by molar-refractivity contribution is 6.12. The zero-order valence-electron chi connectivity index (χ0n) is 14.6. The molecule has 2 rings (SSSR count). The Morgan fingerprint density at radius 2 is 1.75 bits per heavy atom. The van der Waals surface area contributed by atoms with Gasteiger partial charge in [0.2, 0.25) is 0 Å². The molecule has 0 aliphatic carbocycles. The van der Waals surface area contributed by atoms with E-state index in [1.165, 1.54) is 0 Å². The molecule has 0 bridgehead atoms. The second-order valence-electron chi connectivity index (χ2n) is 5.63. The van der Waals surface area contributed by atoms with E-state index in [0.29, 0.717) is 32.0 Å². The molecule has 0 aliphatic heterocycles. The van der Waals surface area contributed by atoms with Crippen LogP contribution in [-0.2, 0) is 9.47 Å². The highest BCUT2D eigenvalue weighted by atomic mass is 16.5. The molecule has 2 aromatic rings. The van der Waals surface area contributed by atoms with Crippen molar-refractivity contribution in [3.05, 3.63) is 48.0 Å². The third-order valence-corrected chi connectivity index (χ3v) is 3.76. The zero-order valence-corrected chi connectivity index (χ0v) is 14.6. The smallest absolute Gasteiger partial charge is 0.160 e. The average molecular weight is 328 g/mol. The Morgan fingerprint density at radius 3 is 2.42 bits per heavy atom. The second kappa shape index (κ2) is 8.62. The number of hydrogen-bond donors (Lipinski definition) is 0. The van der Waals surface area contributed by atoms with Gasteiger partial charge in [-0.15, -0.1) is 0 Å². The van der Waals surface area contributed by atoms with Crippen molar-refractivity contribution in [3.63, 3.8) is 0 Å². The number of ketones is 1. The Hall–Kier alpha value is -2.17. The zero-order chi connectivity index (χ0) is 17.5. The van der Waals surface area contributed by atoms with Crippen molar-refractivity contribution in [2.75, 3.05) is 33.5 Å². The lowest BCUT2D eigenvalue weighted by molar-refractivity contribution is 0.0547. The predicted molar refractivity (Wildman–Crippen MR) is 96.9 cm³/mol. The molecule has 0 heterocycles. The van der Waals surface area contributed by atoms with Crippen molar-refractivity contribution >= 4 is 22.1 Å². The fourth-order valence-corrected chi connectivity index (χ4v) is 2.61. The third kappa shape index (κ3) is 4.22. The summed E-state index contributed by atoms with van der Waals surface area (Å²) >= 11 is 0. The molecule has 4 heteroatoms. The van der Waals surface area contributed by atoms with Crippen LogP contribution in [0.15, 0.2) is 36.9 Å². The molecule has 0 amide bonds. The fourth-order valence-electron chi connectivity index (χ4n) is 2.61. The van der Waals surface area contributed by atoms with E-state index in [1.807, 2.05) is 37.3 Å². The summed E-state index contributed by atoms with van der Waals surface area (Å²) in [6.07, 6.45) is 0. The highest BCUT2D eigenvalue weighted by Gasteiger charge is 2.14. The minimum atomic E-state index is 0.0307. The molecular weight excluding hydrogens is 304 g/mol. The molecule has 0 atom stereocenters. The lowest BCUT2D eigenvalue weighted by Gasteiger charge is -2.15. The van der Waals surface area contributed by atoms with Gasteiger partial charge >= 0.3 is 0 Å². The minimum absolute atomic E-state index is 0.0307. The first-order valence-corrected chi connectivity index (χ1v) is 7.98. The molecule has 0 N–H and O–H groups in total. The monoisotopic (exact) mass is 328 g/mol. The van der Waals surface area contributed by atoms with Gasteiger partial charge in [0.15, 0.2) is 5.78 Å². The van der Waals surface area contributed by atoms with Crippen LogP contribution in [0.25, 0.3) is 16.3 Å². The maximum atomic E-state index is 12.0. The Bertz CT molecular complexity index is 713. The summed E-state index contributed by atoms with van der Waals surface area (Å²) in [5, 5.41) is 1.82. The summed E-state index contributed by atoms with van der Waals surface area (Å²) in [5.41, 5.74) is 2.58. The highest BCUT2D eigenvalue weighted by Crippen LogP contribution is 2.34. The Kier molecular flexibility index (Phi) is 6.53. The summed E-state index contributed by atoms with van der Waals surface area (Å²) in [5.74, 6) is 0.775. The first kappa shape index (κ1) is 18.2. The molecule has 0 radical (unpaired) electrons. The molecule has 2 aromatic carbocycles. The number of ether oxygens (including phenoxy) is 3. The molecule has 128 valence electrons. The second-order valence-corrected chi connectivity index (χ2v) is 5.63. The molecule has 24 heavy (non-hydrogen) atoms. The van der Waals surface area contributed by atoms with Gasteiger partial charge in [-0.25, -0.2) is 0 Å². The van der Waals surface area contributed by atoms with Crippen LogP contribution < -0.4 is 4.74 Å². The standard InChI is InChI=1S/C20H24O4/c1-14(2)16-8-9-19(24-13-12-23-11-10-22-4)18-7-5-6-17(15(3)21)20(16)18/h5-9H,1,10-13H2,2-4H3. The van der Waals surface area contributed by atoms with Crippen LogP contribution in [0.4, 0.5) is 0 Å². The lowest BCUT2D eigenvalue weighted by Crippen LogP contribution is -2.10. The Labute approximate surface area is 143 Å². The van der Waals surface area contributed by atoms with Crippen molar-refractivity contribution in [3.8, 4) is 5.75 Å². The SMILES string of the molecule is C=C(C)c1ccc(OCCOCCOC)c2cccc(C(C)=O)c12. The fraction of sp³-hybridized carbons (Fsp3) is 0.350. The van der Waals surface area contributed by atoms with Crippen LogP contribution in [0.1, 0.15) is 29.8 Å². The van der Waals surface area contributed by atoms with Crippen molar-refractivity contribution < 1.29 is 19.0 Å². The van der Waals surface area contributed by atoms with E-state index >= 15 is 0 Å². The van der Waals surface area contributed by atoms with E-state index < -0.39 is 0 Å². The van der Waals surface area contributed by atoms with Gasteiger partial charge in [-0.3, -0.25) is 4.79 Å². The molecule has 0 unspecified atom stereocenters. The number of methoxy groups -OCH3 is 1. The Morgan fingerprint density at radius 1 is 1.00 bits per heavy atom. The molecule has 0 saturated heterocycles.